The molecule has 0 aliphatic heterocycles. The number of nitrogen functional groups attached to an aromatic ring is 1. The number of nitrogens with one attached hydrogen (secondary N) is 1. The molecule has 0 bridgehead atoms. The largest absolute Gasteiger partial charge is 0.435 e. The van der Waals surface area contributed by atoms with Gasteiger partial charge in [0, 0.05) is 23.4 Å². The zero-order valence-corrected chi connectivity index (χ0v) is 31.2. The lowest BCUT2D eigenvalue weighted by molar-refractivity contribution is -0.387. The SMILES string of the molecule is CC(F)(c1ccc(NC(=O)c2cccc([N+](=O)[O-])c2F)c(C(F)(F)F)c1)C(F)(F)F.Nc1ccc(C(F)(C(F)(F)F)C(F)(F)F)cc1C(F)(F)F.O=C(Cl)c1cccc([N+](=O)[O-])c1F. The third-order valence-electron chi connectivity index (χ3n) is 7.99. The van der Waals surface area contributed by atoms with Crippen LogP contribution in [0.4, 0.5) is 106 Å². The van der Waals surface area contributed by atoms with Crippen molar-refractivity contribution in [3.8, 4) is 0 Å². The minimum atomic E-state index is -6.50. The number of nitro benzene ring substituents is 2. The van der Waals surface area contributed by atoms with Gasteiger partial charge < -0.3 is 11.1 Å². The normalized spacial score (nSPS) is 13.3. The lowest BCUT2D eigenvalue weighted by Crippen LogP contribution is -2.50. The molecule has 0 aliphatic carbocycles. The van der Waals surface area contributed by atoms with Crippen LogP contribution in [-0.2, 0) is 23.7 Å². The fraction of sp³-hybridized carbons (Fsp3) is 0.235. The first-order valence-electron chi connectivity index (χ1n) is 15.9. The highest BCUT2D eigenvalue weighted by atomic mass is 35.5. The molecule has 30 heteroatoms. The molecule has 0 fully saturated rings. The number of nitrogens with zero attached hydrogens (tertiary/aromatic N) is 2. The van der Waals surface area contributed by atoms with Crippen LogP contribution in [0.1, 0.15) is 49.9 Å². The standard InChI is InChI=1S/C17H10F8N2O3.C10H5F10N.C7H3ClFNO3/c1-15(19,17(23,24)25)8-5-6-11(10(7-8)16(20,21)22)26-14(28)9-3-2-4-12(13(9)18)27(29)30;11-7(9(15,16)17,10(18,19)20)4-1-2-6(21)5(3-4)8(12,13)14;8-7(11)4-2-1-3-5(6(4)9)10(12)13/h2-7H,1H3,(H,26,28);1-3H,21H2;1-3H. The summed E-state index contributed by atoms with van der Waals surface area (Å²) in [5.74, 6) is -4.36. The van der Waals surface area contributed by atoms with E-state index in [4.69, 9.17) is 17.3 Å². The summed E-state index contributed by atoms with van der Waals surface area (Å²) in [5, 5.41) is 21.5. The minimum absolute atomic E-state index is 0.0270. The first-order valence-corrected chi connectivity index (χ1v) is 16.2. The van der Waals surface area contributed by atoms with Crippen LogP contribution in [0.2, 0.25) is 0 Å². The molecule has 4 rings (SSSR count). The van der Waals surface area contributed by atoms with Crippen LogP contribution < -0.4 is 11.1 Å². The number of amides is 1. The molecule has 0 saturated carbocycles. The summed E-state index contributed by atoms with van der Waals surface area (Å²) < 4.78 is 245. The van der Waals surface area contributed by atoms with E-state index in [0.717, 1.165) is 24.3 Å². The van der Waals surface area contributed by atoms with Crippen LogP contribution in [0.15, 0.2) is 72.8 Å². The van der Waals surface area contributed by atoms with Crippen molar-refractivity contribution in [1.29, 1.82) is 0 Å². The highest BCUT2D eigenvalue weighted by molar-refractivity contribution is 6.67. The van der Waals surface area contributed by atoms with Gasteiger partial charge in [0.05, 0.1) is 37.8 Å². The molecule has 4 aromatic carbocycles. The van der Waals surface area contributed by atoms with Crippen LogP contribution >= 0.6 is 11.6 Å². The zero-order chi connectivity index (χ0) is 49.9. The highest BCUT2D eigenvalue weighted by Gasteiger charge is 2.73. The fourth-order valence-corrected chi connectivity index (χ4v) is 4.83. The molecule has 1 unspecified atom stereocenters. The minimum Gasteiger partial charge on any atom is -0.398 e. The second kappa shape index (κ2) is 18.7. The predicted molar refractivity (Wildman–Crippen MR) is 181 cm³/mol. The van der Waals surface area contributed by atoms with E-state index in [-0.39, 0.29) is 25.1 Å². The van der Waals surface area contributed by atoms with E-state index in [1.54, 1.807) is 5.32 Å². The van der Waals surface area contributed by atoms with E-state index in [9.17, 15) is 113 Å². The third kappa shape index (κ3) is 11.8. The first-order chi connectivity index (χ1) is 28.7. The van der Waals surface area contributed by atoms with E-state index in [0.29, 0.717) is 18.2 Å². The maximum Gasteiger partial charge on any atom is 0.435 e. The van der Waals surface area contributed by atoms with Crippen molar-refractivity contribution in [3.05, 3.63) is 138 Å². The monoisotopic (exact) mass is 974 g/mol. The number of carbonyl (C=O) groups is 2. The number of nitrogens with two attached hydrogens (primary N) is 1. The van der Waals surface area contributed by atoms with Crippen molar-refractivity contribution < 1.29 is 103 Å². The van der Waals surface area contributed by atoms with E-state index >= 15 is 0 Å². The van der Waals surface area contributed by atoms with Gasteiger partial charge in [-0.2, -0.15) is 74.6 Å². The maximum absolute atomic E-state index is 14.1. The Labute approximate surface area is 346 Å². The fourth-order valence-electron chi connectivity index (χ4n) is 4.69. The molecule has 0 aromatic heterocycles. The Bertz CT molecular complexity index is 2370. The smallest absolute Gasteiger partial charge is 0.398 e. The summed E-state index contributed by atoms with van der Waals surface area (Å²) >= 11 is 4.98. The van der Waals surface area contributed by atoms with Gasteiger partial charge in [0.15, 0.2) is 0 Å². The van der Waals surface area contributed by atoms with Crippen molar-refractivity contribution in [2.75, 3.05) is 11.1 Å². The molecule has 3 N–H and O–H groups in total. The van der Waals surface area contributed by atoms with Gasteiger partial charge in [0.1, 0.15) is 0 Å². The summed E-state index contributed by atoms with van der Waals surface area (Å²) in [6.07, 6.45) is -29.2. The average Bonchev–Trinajstić information content (AvgIpc) is 3.12. The van der Waals surface area contributed by atoms with Gasteiger partial charge in [0.25, 0.3) is 11.1 Å². The Morgan fingerprint density at radius 1 is 0.594 bits per heavy atom. The van der Waals surface area contributed by atoms with Crippen molar-refractivity contribution in [2.24, 2.45) is 0 Å². The molecule has 4 aromatic rings. The van der Waals surface area contributed by atoms with Gasteiger partial charge in [-0.1, -0.05) is 24.3 Å². The molecule has 0 radical (unpaired) electrons. The first kappa shape index (κ1) is 53.7. The molecule has 0 saturated heterocycles. The molecular weight excluding hydrogens is 957 g/mol. The van der Waals surface area contributed by atoms with Gasteiger partial charge in [-0.25, -0.2) is 8.78 Å². The molecule has 1 atom stereocenters. The zero-order valence-electron chi connectivity index (χ0n) is 30.4. The van der Waals surface area contributed by atoms with Gasteiger partial charge in [-0.3, -0.25) is 29.8 Å². The Balaban J connectivity index is 0.000000359. The summed E-state index contributed by atoms with van der Waals surface area (Å²) in [5.41, 5.74) is -18.2. The van der Waals surface area contributed by atoms with Crippen LogP contribution in [0, 0.1) is 31.9 Å². The van der Waals surface area contributed by atoms with E-state index < -0.39 is 137 Å². The molecular formula is C34H18ClF19N4O6. The van der Waals surface area contributed by atoms with Gasteiger partial charge in [0.2, 0.25) is 17.3 Å². The topological polar surface area (TPSA) is 158 Å². The maximum atomic E-state index is 14.1. The van der Waals surface area contributed by atoms with Crippen LogP contribution in [0.5, 0.6) is 0 Å². The van der Waals surface area contributed by atoms with Crippen molar-refractivity contribution in [2.45, 2.75) is 49.1 Å². The van der Waals surface area contributed by atoms with E-state index in [2.05, 4.69) is 0 Å². The molecule has 0 spiro atoms. The van der Waals surface area contributed by atoms with Gasteiger partial charge in [-0.05, 0) is 60.5 Å². The Morgan fingerprint density at radius 2 is 1.00 bits per heavy atom. The number of anilines is 2. The summed E-state index contributed by atoms with van der Waals surface area (Å²) in [4.78, 5) is 41.5. The number of rotatable bonds is 7. The lowest BCUT2D eigenvalue weighted by Gasteiger charge is -2.30. The highest BCUT2D eigenvalue weighted by Crippen LogP contribution is 2.54. The quantitative estimate of drug-likeness (QED) is 0.0613. The number of hydrogen-bond donors (Lipinski definition) is 2. The summed E-state index contributed by atoms with van der Waals surface area (Å²) in [6.45, 7) is 0.0270. The number of nitro groups is 2. The van der Waals surface area contributed by atoms with Crippen molar-refractivity contribution >= 4 is 45.5 Å². The number of carbonyl (C=O) groups excluding carboxylic acids is 2. The second-order valence-corrected chi connectivity index (χ2v) is 12.6. The van der Waals surface area contributed by atoms with Gasteiger partial charge >= 0.3 is 47.9 Å². The third-order valence-corrected chi connectivity index (χ3v) is 8.20. The van der Waals surface area contributed by atoms with Crippen LogP contribution in [0.3, 0.4) is 0 Å². The number of alkyl halides is 17. The van der Waals surface area contributed by atoms with Gasteiger partial charge in [-0.15, -0.1) is 0 Å². The lowest BCUT2D eigenvalue weighted by atomic mass is 9.92. The molecule has 64 heavy (non-hydrogen) atoms. The van der Waals surface area contributed by atoms with E-state index in [1.165, 1.54) is 6.07 Å². The van der Waals surface area contributed by atoms with E-state index in [1.807, 2.05) is 0 Å². The molecule has 0 heterocycles. The predicted octanol–water partition coefficient (Wildman–Crippen LogP) is 12.4. The molecule has 1 amide bonds. The summed E-state index contributed by atoms with van der Waals surface area (Å²) in [7, 11) is 0. The van der Waals surface area contributed by atoms with Crippen molar-refractivity contribution in [1.82, 2.24) is 0 Å². The second-order valence-electron chi connectivity index (χ2n) is 12.2. The molecule has 10 nitrogen and oxygen atoms in total. The average molecular weight is 975 g/mol. The number of halogens is 20. The molecule has 350 valence electrons. The van der Waals surface area contributed by atoms with Crippen LogP contribution in [-0.4, -0.2) is 39.5 Å². The summed E-state index contributed by atoms with van der Waals surface area (Å²) in [6, 6.07) is 5.65. The Hall–Kier alpha value is -6.42. The Kier molecular flexibility index (Phi) is 15.7. The molecule has 0 aliphatic rings. The number of benzene rings is 4. The number of hydrogen-bond acceptors (Lipinski definition) is 7. The van der Waals surface area contributed by atoms with Crippen molar-refractivity contribution in [3.63, 3.8) is 0 Å². The van der Waals surface area contributed by atoms with Crippen LogP contribution in [0.25, 0.3) is 0 Å². The Morgan fingerprint density at radius 3 is 1.39 bits per heavy atom.